The lowest BCUT2D eigenvalue weighted by molar-refractivity contribution is -0.136. The highest BCUT2D eigenvalue weighted by atomic mass is 35.5. The van der Waals surface area contributed by atoms with E-state index in [9.17, 15) is 9.59 Å². The molecule has 0 fully saturated rings. The number of carboxylic acids is 1. The molecule has 22 heavy (non-hydrogen) atoms. The molecule has 0 saturated heterocycles. The van der Waals surface area contributed by atoms with Gasteiger partial charge in [-0.3, -0.25) is 0 Å². The Morgan fingerprint density at radius 3 is 2.45 bits per heavy atom. The van der Waals surface area contributed by atoms with Crippen molar-refractivity contribution in [1.29, 1.82) is 0 Å². The van der Waals surface area contributed by atoms with Gasteiger partial charge >= 0.3 is 11.9 Å². The van der Waals surface area contributed by atoms with E-state index in [0.717, 1.165) is 0 Å². The monoisotopic (exact) mass is 340 g/mol. The summed E-state index contributed by atoms with van der Waals surface area (Å²) in [5.74, 6) is -1.72. The smallest absolute Gasteiger partial charge is 0.349 e. The molecule has 2 aromatic rings. The molecule has 0 aromatic heterocycles. The number of esters is 1. The third-order valence-electron chi connectivity index (χ3n) is 2.58. The number of aromatic carboxylic acids is 1. The van der Waals surface area contributed by atoms with Crippen LogP contribution < -0.4 is 9.47 Å². The summed E-state index contributed by atoms with van der Waals surface area (Å²) in [6, 6.07) is 10.4. The van der Waals surface area contributed by atoms with Crippen molar-refractivity contribution in [2.75, 3.05) is 6.61 Å². The zero-order valence-corrected chi connectivity index (χ0v) is 12.6. The number of hydrogen-bond donors (Lipinski definition) is 1. The fourth-order valence-corrected chi connectivity index (χ4v) is 2.08. The topological polar surface area (TPSA) is 72.8 Å². The lowest BCUT2D eigenvalue weighted by Gasteiger charge is -2.09. The standard InChI is InChI=1S/C15H10Cl2O5/c16-9-5-6-13(11(17)7-9)21-8-14(18)22-12-4-2-1-3-10(12)15(19)20/h1-7H,8H2,(H,19,20). The minimum atomic E-state index is -1.19. The van der Waals surface area contributed by atoms with E-state index < -0.39 is 18.5 Å². The van der Waals surface area contributed by atoms with Gasteiger partial charge in [-0.2, -0.15) is 0 Å². The first kappa shape index (κ1) is 16.1. The largest absolute Gasteiger partial charge is 0.480 e. The Labute approximate surface area is 136 Å². The molecule has 0 aliphatic carbocycles. The Morgan fingerprint density at radius 1 is 1.05 bits per heavy atom. The van der Waals surface area contributed by atoms with Crippen LogP contribution in [0.25, 0.3) is 0 Å². The highest BCUT2D eigenvalue weighted by molar-refractivity contribution is 6.35. The highest BCUT2D eigenvalue weighted by Crippen LogP contribution is 2.27. The van der Waals surface area contributed by atoms with Crippen LogP contribution in [0.3, 0.4) is 0 Å². The van der Waals surface area contributed by atoms with Crippen molar-refractivity contribution in [3.63, 3.8) is 0 Å². The van der Waals surface area contributed by atoms with E-state index in [-0.39, 0.29) is 22.1 Å². The Balaban J connectivity index is 2.00. The minimum absolute atomic E-state index is 0.0502. The van der Waals surface area contributed by atoms with Crippen molar-refractivity contribution < 1.29 is 24.2 Å². The van der Waals surface area contributed by atoms with Crippen LogP contribution in [0.15, 0.2) is 42.5 Å². The molecule has 114 valence electrons. The van der Waals surface area contributed by atoms with Gasteiger partial charge in [0.1, 0.15) is 17.1 Å². The highest BCUT2D eigenvalue weighted by Gasteiger charge is 2.14. The van der Waals surface area contributed by atoms with Gasteiger partial charge in [0.25, 0.3) is 0 Å². The maximum atomic E-state index is 11.7. The molecule has 0 bridgehead atoms. The van der Waals surface area contributed by atoms with Gasteiger partial charge in [0.2, 0.25) is 0 Å². The van der Waals surface area contributed by atoms with Crippen molar-refractivity contribution >= 4 is 35.1 Å². The molecule has 0 aliphatic rings. The average Bonchev–Trinajstić information content (AvgIpc) is 2.46. The minimum Gasteiger partial charge on any atom is -0.480 e. The van der Waals surface area contributed by atoms with Crippen molar-refractivity contribution in [3.8, 4) is 11.5 Å². The number of halogens is 2. The van der Waals surface area contributed by atoms with Gasteiger partial charge in [0.15, 0.2) is 6.61 Å². The summed E-state index contributed by atoms with van der Waals surface area (Å²) < 4.78 is 10.2. The fourth-order valence-electron chi connectivity index (χ4n) is 1.61. The normalized spacial score (nSPS) is 10.1. The van der Waals surface area contributed by atoms with Gasteiger partial charge in [-0.05, 0) is 30.3 Å². The summed E-state index contributed by atoms with van der Waals surface area (Å²) >= 11 is 11.6. The fraction of sp³-hybridized carbons (Fsp3) is 0.0667. The van der Waals surface area contributed by atoms with Crippen molar-refractivity contribution in [1.82, 2.24) is 0 Å². The predicted molar refractivity (Wildman–Crippen MR) is 81.0 cm³/mol. The number of hydrogen-bond acceptors (Lipinski definition) is 4. The second-order valence-electron chi connectivity index (χ2n) is 4.14. The summed E-state index contributed by atoms with van der Waals surface area (Å²) in [7, 11) is 0. The molecule has 0 radical (unpaired) electrons. The van der Waals surface area contributed by atoms with Crippen LogP contribution >= 0.6 is 23.2 Å². The first-order chi connectivity index (χ1) is 10.5. The second kappa shape index (κ2) is 7.15. The Kier molecular flexibility index (Phi) is 5.25. The quantitative estimate of drug-likeness (QED) is 0.663. The maximum absolute atomic E-state index is 11.7. The average molecular weight is 341 g/mol. The van der Waals surface area contributed by atoms with Gasteiger partial charge in [0, 0.05) is 5.02 Å². The molecule has 0 amide bonds. The van der Waals surface area contributed by atoms with E-state index in [1.807, 2.05) is 0 Å². The van der Waals surface area contributed by atoms with Crippen LogP contribution in [0.5, 0.6) is 11.5 Å². The maximum Gasteiger partial charge on any atom is 0.349 e. The SMILES string of the molecule is O=C(COc1ccc(Cl)cc1Cl)Oc1ccccc1C(=O)O. The van der Waals surface area contributed by atoms with E-state index in [2.05, 4.69) is 0 Å². The summed E-state index contributed by atoms with van der Waals surface area (Å²) in [6.45, 7) is -0.421. The van der Waals surface area contributed by atoms with Crippen LogP contribution in [0.4, 0.5) is 0 Å². The van der Waals surface area contributed by atoms with Gasteiger partial charge in [-0.1, -0.05) is 35.3 Å². The number of carboxylic acid groups (broad SMARTS) is 1. The first-order valence-corrected chi connectivity index (χ1v) is 6.84. The summed E-state index contributed by atoms with van der Waals surface area (Å²) in [5, 5.41) is 9.69. The lowest BCUT2D eigenvalue weighted by atomic mass is 10.2. The van der Waals surface area contributed by atoms with Gasteiger partial charge in [0.05, 0.1) is 5.02 Å². The van der Waals surface area contributed by atoms with E-state index in [4.69, 9.17) is 37.8 Å². The number of para-hydroxylation sites is 1. The predicted octanol–water partition coefficient (Wildman–Crippen LogP) is 3.68. The van der Waals surface area contributed by atoms with E-state index in [1.165, 1.54) is 30.3 Å². The second-order valence-corrected chi connectivity index (χ2v) is 4.98. The van der Waals surface area contributed by atoms with E-state index in [1.54, 1.807) is 12.1 Å². The zero-order valence-electron chi connectivity index (χ0n) is 11.1. The Morgan fingerprint density at radius 2 is 1.77 bits per heavy atom. The number of carbonyl (C=O) groups is 2. The molecule has 1 N–H and O–H groups in total. The molecule has 2 rings (SSSR count). The molecule has 5 nitrogen and oxygen atoms in total. The number of benzene rings is 2. The summed E-state index contributed by atoms with van der Waals surface area (Å²) in [6.07, 6.45) is 0. The number of ether oxygens (including phenoxy) is 2. The molecule has 0 saturated carbocycles. The molecular weight excluding hydrogens is 331 g/mol. The van der Waals surface area contributed by atoms with Crippen LogP contribution in [0.1, 0.15) is 10.4 Å². The summed E-state index contributed by atoms with van der Waals surface area (Å²) in [5.41, 5.74) is -0.111. The van der Waals surface area contributed by atoms with Gasteiger partial charge < -0.3 is 14.6 Å². The van der Waals surface area contributed by atoms with Crippen molar-refractivity contribution in [2.24, 2.45) is 0 Å². The first-order valence-electron chi connectivity index (χ1n) is 6.08. The van der Waals surface area contributed by atoms with Crippen LogP contribution in [-0.2, 0) is 4.79 Å². The van der Waals surface area contributed by atoms with Crippen molar-refractivity contribution in [3.05, 3.63) is 58.1 Å². The number of carbonyl (C=O) groups excluding carboxylic acids is 1. The Bertz CT molecular complexity index is 715. The van der Waals surface area contributed by atoms with Gasteiger partial charge in [-0.25, -0.2) is 9.59 Å². The molecule has 0 aliphatic heterocycles. The molecule has 0 heterocycles. The molecule has 0 atom stereocenters. The Hall–Kier alpha value is -2.24. The summed E-state index contributed by atoms with van der Waals surface area (Å²) in [4.78, 5) is 22.7. The van der Waals surface area contributed by atoms with Crippen molar-refractivity contribution in [2.45, 2.75) is 0 Å². The molecule has 7 heteroatoms. The van der Waals surface area contributed by atoms with Crippen LogP contribution in [0, 0.1) is 0 Å². The molecule has 2 aromatic carbocycles. The molecule has 0 spiro atoms. The van der Waals surface area contributed by atoms with E-state index in [0.29, 0.717) is 5.02 Å². The van der Waals surface area contributed by atoms with E-state index >= 15 is 0 Å². The third kappa shape index (κ3) is 4.13. The zero-order chi connectivity index (χ0) is 16.1. The lowest BCUT2D eigenvalue weighted by Crippen LogP contribution is -2.19. The van der Waals surface area contributed by atoms with Crippen LogP contribution in [0.2, 0.25) is 10.0 Å². The number of rotatable bonds is 5. The van der Waals surface area contributed by atoms with Gasteiger partial charge in [-0.15, -0.1) is 0 Å². The third-order valence-corrected chi connectivity index (χ3v) is 3.11. The molecular formula is C15H10Cl2O5. The molecule has 0 unspecified atom stereocenters. The van der Waals surface area contributed by atoms with Crippen LogP contribution in [-0.4, -0.2) is 23.7 Å².